The van der Waals surface area contributed by atoms with E-state index in [0.717, 1.165) is 4.90 Å². The molecule has 0 radical (unpaired) electrons. The van der Waals surface area contributed by atoms with Crippen LogP contribution < -0.4 is 0 Å². The van der Waals surface area contributed by atoms with Crippen molar-refractivity contribution < 1.29 is 24.5 Å². The minimum absolute atomic E-state index is 0.661. The van der Waals surface area contributed by atoms with Crippen molar-refractivity contribution in [2.24, 2.45) is 0 Å². The predicted octanol–water partition coefficient (Wildman–Crippen LogP) is 1.47. The van der Waals surface area contributed by atoms with Crippen LogP contribution in [-0.2, 0) is 9.53 Å². The van der Waals surface area contributed by atoms with Crippen LogP contribution in [0.25, 0.3) is 0 Å². The van der Waals surface area contributed by atoms with Crippen molar-refractivity contribution in [1.82, 2.24) is 4.90 Å². The molecule has 0 bridgehead atoms. The number of aliphatic carboxylic acids is 1. The van der Waals surface area contributed by atoms with Crippen molar-refractivity contribution in [2.75, 3.05) is 6.61 Å². The summed E-state index contributed by atoms with van der Waals surface area (Å²) in [5, 5.41) is 18.2. The molecule has 0 aromatic carbocycles. The number of carboxylic acid groups (broad SMARTS) is 1. The van der Waals surface area contributed by atoms with Crippen LogP contribution in [0.3, 0.4) is 0 Å². The number of carbonyl (C=O) groups excluding carboxylic acids is 1. The lowest BCUT2D eigenvalue weighted by Gasteiger charge is -2.39. The fourth-order valence-electron chi connectivity index (χ4n) is 1.45. The van der Waals surface area contributed by atoms with Crippen molar-refractivity contribution in [3.8, 4) is 0 Å². The molecule has 0 aliphatic rings. The zero-order valence-electron chi connectivity index (χ0n) is 11.9. The first-order chi connectivity index (χ1) is 7.90. The number of aliphatic hydroxyl groups is 1. The quantitative estimate of drug-likeness (QED) is 0.803. The summed E-state index contributed by atoms with van der Waals surface area (Å²) < 4.78 is 5.17. The van der Waals surface area contributed by atoms with E-state index in [0.29, 0.717) is 0 Å². The van der Waals surface area contributed by atoms with Gasteiger partial charge in [-0.05, 0) is 41.5 Å². The van der Waals surface area contributed by atoms with Gasteiger partial charge in [-0.1, -0.05) is 0 Å². The van der Waals surface area contributed by atoms with E-state index in [1.54, 1.807) is 41.5 Å². The third-order valence-electron chi connectivity index (χ3n) is 2.08. The molecule has 0 aromatic heterocycles. The Balaban J connectivity index is 5.25. The van der Waals surface area contributed by atoms with Crippen molar-refractivity contribution >= 4 is 12.1 Å². The maximum atomic E-state index is 12.0. The third-order valence-corrected chi connectivity index (χ3v) is 2.08. The summed E-state index contributed by atoms with van der Waals surface area (Å²) >= 11 is 0. The first-order valence-electron chi connectivity index (χ1n) is 5.76. The Labute approximate surface area is 108 Å². The molecule has 6 nitrogen and oxygen atoms in total. The zero-order valence-corrected chi connectivity index (χ0v) is 11.9. The van der Waals surface area contributed by atoms with Crippen LogP contribution in [0, 0.1) is 0 Å². The molecule has 18 heavy (non-hydrogen) atoms. The predicted molar refractivity (Wildman–Crippen MR) is 66.3 cm³/mol. The minimum atomic E-state index is -1.32. The first-order valence-corrected chi connectivity index (χ1v) is 5.76. The van der Waals surface area contributed by atoms with Gasteiger partial charge in [-0.2, -0.15) is 0 Å². The molecule has 1 unspecified atom stereocenters. The van der Waals surface area contributed by atoms with E-state index in [4.69, 9.17) is 14.9 Å². The van der Waals surface area contributed by atoms with Gasteiger partial charge in [0.25, 0.3) is 0 Å². The van der Waals surface area contributed by atoms with Crippen molar-refractivity contribution in [3.05, 3.63) is 0 Å². The van der Waals surface area contributed by atoms with Crippen molar-refractivity contribution in [3.63, 3.8) is 0 Å². The van der Waals surface area contributed by atoms with Crippen molar-refractivity contribution in [2.45, 2.75) is 58.7 Å². The summed E-state index contributed by atoms with van der Waals surface area (Å²) in [4.78, 5) is 24.2. The molecule has 0 aliphatic heterocycles. The second-order valence-corrected chi connectivity index (χ2v) is 6.06. The largest absolute Gasteiger partial charge is 0.480 e. The number of nitrogens with zero attached hydrogens (tertiary/aromatic N) is 1. The summed E-state index contributed by atoms with van der Waals surface area (Å²) in [7, 11) is 0. The zero-order chi connectivity index (χ0) is 14.7. The molecule has 1 amide bonds. The maximum Gasteiger partial charge on any atom is 0.411 e. The Morgan fingerprint density at radius 2 is 1.61 bits per heavy atom. The summed E-state index contributed by atoms with van der Waals surface area (Å²) in [6, 6.07) is -1.32. The Kier molecular flexibility index (Phi) is 5.16. The highest BCUT2D eigenvalue weighted by Crippen LogP contribution is 2.21. The standard InChI is InChI=1S/C12H23NO5/c1-11(2,3)13(8(7-14)9(15)16)10(17)18-12(4,5)6/h8,14H,7H2,1-6H3,(H,15,16). The number of amides is 1. The number of carbonyl (C=O) groups is 2. The number of carboxylic acids is 1. The average molecular weight is 261 g/mol. The maximum absolute atomic E-state index is 12.0. The smallest absolute Gasteiger partial charge is 0.411 e. The molecule has 1 atom stereocenters. The lowest BCUT2D eigenvalue weighted by Crippen LogP contribution is -2.57. The molecule has 0 spiro atoms. The van der Waals surface area contributed by atoms with E-state index in [9.17, 15) is 9.59 Å². The number of ether oxygens (including phenoxy) is 1. The second kappa shape index (κ2) is 5.56. The molecule has 0 fully saturated rings. The molecule has 0 saturated heterocycles. The van der Waals surface area contributed by atoms with Gasteiger partial charge in [0.15, 0.2) is 6.04 Å². The number of hydrogen-bond acceptors (Lipinski definition) is 4. The summed E-state index contributed by atoms with van der Waals surface area (Å²) in [6.07, 6.45) is -0.753. The fourth-order valence-corrected chi connectivity index (χ4v) is 1.45. The summed E-state index contributed by atoms with van der Waals surface area (Å²) in [5.74, 6) is -1.27. The second-order valence-electron chi connectivity index (χ2n) is 6.06. The summed E-state index contributed by atoms with van der Waals surface area (Å²) in [6.45, 7) is 9.47. The van der Waals surface area contributed by atoms with Crippen LogP contribution in [0.5, 0.6) is 0 Å². The van der Waals surface area contributed by atoms with Gasteiger partial charge in [0.05, 0.1) is 6.61 Å². The molecule has 6 heteroatoms. The summed E-state index contributed by atoms with van der Waals surface area (Å²) in [5.41, 5.74) is -1.49. The molecule has 0 aliphatic carbocycles. The van der Waals surface area contributed by atoms with E-state index in [-0.39, 0.29) is 0 Å². The SMILES string of the molecule is CC(C)(C)OC(=O)N(C(CO)C(=O)O)C(C)(C)C. The van der Waals surface area contributed by atoms with Gasteiger partial charge >= 0.3 is 12.1 Å². The molecule has 0 heterocycles. The molecule has 0 saturated carbocycles. The monoisotopic (exact) mass is 261 g/mol. The van der Waals surface area contributed by atoms with Gasteiger partial charge in [-0.25, -0.2) is 9.59 Å². The normalized spacial score (nSPS) is 13.9. The highest BCUT2D eigenvalue weighted by atomic mass is 16.6. The Bertz CT molecular complexity index is 313. The highest BCUT2D eigenvalue weighted by molar-refractivity contribution is 5.80. The minimum Gasteiger partial charge on any atom is -0.480 e. The lowest BCUT2D eigenvalue weighted by atomic mass is 10.0. The van der Waals surface area contributed by atoms with Gasteiger partial charge in [-0.15, -0.1) is 0 Å². The third kappa shape index (κ3) is 4.91. The average Bonchev–Trinajstić information content (AvgIpc) is 2.07. The van der Waals surface area contributed by atoms with Gasteiger partial charge < -0.3 is 14.9 Å². The van der Waals surface area contributed by atoms with Crippen LogP contribution in [0.1, 0.15) is 41.5 Å². The van der Waals surface area contributed by atoms with Crippen LogP contribution >= 0.6 is 0 Å². The number of rotatable bonds is 3. The van der Waals surface area contributed by atoms with Crippen molar-refractivity contribution in [1.29, 1.82) is 0 Å². The Morgan fingerprint density at radius 3 is 1.83 bits per heavy atom. The molecule has 2 N–H and O–H groups in total. The molecular formula is C12H23NO5. The Hall–Kier alpha value is -1.30. The van der Waals surface area contributed by atoms with Crippen LogP contribution in [-0.4, -0.2) is 51.0 Å². The molecule has 0 rings (SSSR count). The van der Waals surface area contributed by atoms with E-state index in [2.05, 4.69) is 0 Å². The highest BCUT2D eigenvalue weighted by Gasteiger charge is 2.39. The van der Waals surface area contributed by atoms with E-state index < -0.39 is 35.9 Å². The molecule has 0 aromatic rings. The number of aliphatic hydroxyl groups excluding tert-OH is 1. The van der Waals surface area contributed by atoms with Crippen LogP contribution in [0.4, 0.5) is 4.79 Å². The van der Waals surface area contributed by atoms with E-state index >= 15 is 0 Å². The Morgan fingerprint density at radius 1 is 1.17 bits per heavy atom. The van der Waals surface area contributed by atoms with E-state index in [1.807, 2.05) is 0 Å². The number of hydrogen-bond donors (Lipinski definition) is 2. The first kappa shape index (κ1) is 16.7. The van der Waals surface area contributed by atoms with Crippen LogP contribution in [0.2, 0.25) is 0 Å². The van der Waals surface area contributed by atoms with Gasteiger partial charge in [0.2, 0.25) is 0 Å². The lowest BCUT2D eigenvalue weighted by molar-refractivity contribution is -0.147. The van der Waals surface area contributed by atoms with Gasteiger partial charge in [-0.3, -0.25) is 4.90 Å². The van der Waals surface area contributed by atoms with Gasteiger partial charge in [0, 0.05) is 5.54 Å². The van der Waals surface area contributed by atoms with Crippen LogP contribution in [0.15, 0.2) is 0 Å². The molecule has 106 valence electrons. The topological polar surface area (TPSA) is 87.1 Å². The molecular weight excluding hydrogens is 238 g/mol. The van der Waals surface area contributed by atoms with Gasteiger partial charge in [0.1, 0.15) is 5.60 Å². The fraction of sp³-hybridized carbons (Fsp3) is 0.833. The van der Waals surface area contributed by atoms with E-state index in [1.165, 1.54) is 0 Å².